The van der Waals surface area contributed by atoms with Crippen LogP contribution in [0.5, 0.6) is 11.5 Å². The van der Waals surface area contributed by atoms with Crippen molar-refractivity contribution in [2.24, 2.45) is 4.99 Å². The highest BCUT2D eigenvalue weighted by Gasteiger charge is 2.24. The van der Waals surface area contributed by atoms with Crippen LogP contribution in [0.1, 0.15) is 16.7 Å². The van der Waals surface area contributed by atoms with Gasteiger partial charge in [-0.05, 0) is 104 Å². The van der Waals surface area contributed by atoms with E-state index in [0.717, 1.165) is 14.7 Å². The molecule has 3 aromatic rings. The Hall–Kier alpha value is -2.36. The normalized spacial score (nSPS) is 14.3. The number of carbonyl (C=O) groups is 1. The lowest BCUT2D eigenvalue weighted by molar-refractivity contribution is -0.129. The van der Waals surface area contributed by atoms with Gasteiger partial charge in [0.1, 0.15) is 6.61 Å². The molecule has 0 fully saturated rings. The zero-order valence-electron chi connectivity index (χ0n) is 16.8. The van der Waals surface area contributed by atoms with E-state index in [1.807, 2.05) is 54.6 Å². The van der Waals surface area contributed by atoms with Crippen LogP contribution in [0, 0.1) is 3.57 Å². The smallest absolute Gasteiger partial charge is 0.363 e. The van der Waals surface area contributed by atoms with Gasteiger partial charge in [0.15, 0.2) is 17.2 Å². The van der Waals surface area contributed by atoms with E-state index in [-0.39, 0.29) is 11.6 Å². The summed E-state index contributed by atoms with van der Waals surface area (Å²) in [5, 5.41) is 0.670. The number of methoxy groups -OCH3 is 1. The molecule has 0 saturated heterocycles. The van der Waals surface area contributed by atoms with Crippen LogP contribution < -0.4 is 9.47 Å². The van der Waals surface area contributed by atoms with E-state index in [1.165, 1.54) is 0 Å². The van der Waals surface area contributed by atoms with Crippen LogP contribution in [0.3, 0.4) is 0 Å². The van der Waals surface area contributed by atoms with E-state index in [1.54, 1.807) is 19.3 Å². The lowest BCUT2D eigenvalue weighted by Gasteiger charge is -2.14. The SMILES string of the molecule is COc1cc(/C=C2\N=C(c3ccc(I)cc3)OC2=O)cc(Br)c1OCc1ccc(Cl)cc1. The average molecular weight is 625 g/mol. The summed E-state index contributed by atoms with van der Waals surface area (Å²) in [7, 11) is 1.56. The Morgan fingerprint density at radius 1 is 1.12 bits per heavy atom. The number of nitrogens with zero attached hydrogens (tertiary/aromatic N) is 1. The lowest BCUT2D eigenvalue weighted by Crippen LogP contribution is -2.05. The monoisotopic (exact) mass is 623 g/mol. The van der Waals surface area contributed by atoms with Crippen molar-refractivity contribution in [2.75, 3.05) is 7.11 Å². The molecule has 0 aromatic heterocycles. The van der Waals surface area contributed by atoms with Crippen molar-refractivity contribution in [3.05, 3.63) is 96.1 Å². The summed E-state index contributed by atoms with van der Waals surface area (Å²) in [5.41, 5.74) is 2.64. The molecule has 0 aliphatic carbocycles. The predicted molar refractivity (Wildman–Crippen MR) is 136 cm³/mol. The third kappa shape index (κ3) is 5.33. The minimum Gasteiger partial charge on any atom is -0.493 e. The Balaban J connectivity index is 1.58. The topological polar surface area (TPSA) is 57.1 Å². The van der Waals surface area contributed by atoms with E-state index in [4.69, 9.17) is 25.8 Å². The number of carbonyl (C=O) groups excluding carboxylic acids is 1. The number of hydrogen-bond acceptors (Lipinski definition) is 5. The summed E-state index contributed by atoms with van der Waals surface area (Å²) in [5.74, 6) is 0.860. The summed E-state index contributed by atoms with van der Waals surface area (Å²) in [6, 6.07) is 18.6. The van der Waals surface area contributed by atoms with Crippen molar-refractivity contribution in [3.63, 3.8) is 0 Å². The number of esters is 1. The summed E-state index contributed by atoms with van der Waals surface area (Å²) >= 11 is 11.7. The second-order valence-corrected chi connectivity index (χ2v) is 9.33. The van der Waals surface area contributed by atoms with Crippen molar-refractivity contribution in [2.45, 2.75) is 6.61 Å². The molecule has 5 nitrogen and oxygen atoms in total. The second kappa shape index (κ2) is 10.1. The zero-order chi connectivity index (χ0) is 22.7. The van der Waals surface area contributed by atoms with Crippen LogP contribution in [0.25, 0.3) is 6.08 Å². The first kappa shape index (κ1) is 22.8. The molecule has 1 heterocycles. The molecule has 0 atom stereocenters. The van der Waals surface area contributed by atoms with Crippen molar-refractivity contribution in [3.8, 4) is 11.5 Å². The Bertz CT molecular complexity index is 1220. The quantitative estimate of drug-likeness (QED) is 0.175. The van der Waals surface area contributed by atoms with E-state index in [2.05, 4.69) is 43.5 Å². The maximum Gasteiger partial charge on any atom is 0.363 e. The number of hydrogen-bond donors (Lipinski definition) is 0. The predicted octanol–water partition coefficient (Wildman–Crippen LogP) is 6.64. The van der Waals surface area contributed by atoms with Gasteiger partial charge >= 0.3 is 5.97 Å². The van der Waals surface area contributed by atoms with Crippen LogP contribution in [0.2, 0.25) is 5.02 Å². The standard InChI is InChI=1S/C24H16BrClINO4/c1-30-21-12-15(10-19(25)22(21)31-13-14-2-6-17(26)7-3-14)11-20-24(29)32-23(28-20)16-4-8-18(27)9-5-16/h2-12H,13H2,1H3/b20-11-. The first-order valence-corrected chi connectivity index (χ1v) is 11.7. The van der Waals surface area contributed by atoms with Gasteiger partial charge in [-0.25, -0.2) is 9.79 Å². The number of cyclic esters (lactones) is 1. The van der Waals surface area contributed by atoms with E-state index >= 15 is 0 Å². The summed E-state index contributed by atoms with van der Waals surface area (Å²) in [6.07, 6.45) is 1.65. The van der Waals surface area contributed by atoms with Crippen molar-refractivity contribution in [1.82, 2.24) is 0 Å². The summed E-state index contributed by atoms with van der Waals surface area (Å²) < 4.78 is 18.6. The fourth-order valence-corrected chi connectivity index (χ4v) is 4.04. The van der Waals surface area contributed by atoms with Gasteiger partial charge in [-0.2, -0.15) is 0 Å². The molecule has 0 bridgehead atoms. The Morgan fingerprint density at radius 2 is 1.84 bits per heavy atom. The number of benzene rings is 3. The molecule has 0 radical (unpaired) electrons. The van der Waals surface area contributed by atoms with Crippen molar-refractivity contribution < 1.29 is 19.0 Å². The molecule has 32 heavy (non-hydrogen) atoms. The molecule has 162 valence electrons. The van der Waals surface area contributed by atoms with Gasteiger partial charge in [0.2, 0.25) is 5.90 Å². The van der Waals surface area contributed by atoms with Crippen LogP contribution in [0.4, 0.5) is 0 Å². The zero-order valence-corrected chi connectivity index (χ0v) is 21.3. The fraction of sp³-hybridized carbons (Fsp3) is 0.0833. The van der Waals surface area contributed by atoms with E-state index in [0.29, 0.717) is 33.2 Å². The Labute approximate surface area is 212 Å². The van der Waals surface area contributed by atoms with Gasteiger partial charge in [-0.3, -0.25) is 0 Å². The van der Waals surface area contributed by atoms with Gasteiger partial charge in [0.25, 0.3) is 0 Å². The molecule has 0 amide bonds. The molecule has 0 unspecified atom stereocenters. The van der Waals surface area contributed by atoms with Crippen LogP contribution in [0.15, 0.2) is 75.8 Å². The first-order valence-electron chi connectivity index (χ1n) is 9.46. The van der Waals surface area contributed by atoms with Gasteiger partial charge < -0.3 is 14.2 Å². The summed E-state index contributed by atoms with van der Waals surface area (Å²) in [4.78, 5) is 16.7. The van der Waals surface area contributed by atoms with Gasteiger partial charge in [-0.15, -0.1) is 0 Å². The highest BCUT2D eigenvalue weighted by atomic mass is 127. The molecule has 1 aliphatic heterocycles. The fourth-order valence-electron chi connectivity index (χ4n) is 2.98. The molecule has 4 rings (SSSR count). The Morgan fingerprint density at radius 3 is 2.53 bits per heavy atom. The number of ether oxygens (including phenoxy) is 3. The Kier molecular flexibility index (Phi) is 7.17. The van der Waals surface area contributed by atoms with Crippen LogP contribution >= 0.6 is 50.1 Å². The molecule has 0 spiro atoms. The van der Waals surface area contributed by atoms with E-state index in [9.17, 15) is 4.79 Å². The van der Waals surface area contributed by atoms with Crippen molar-refractivity contribution >= 4 is 68.1 Å². The largest absolute Gasteiger partial charge is 0.493 e. The lowest BCUT2D eigenvalue weighted by atomic mass is 10.1. The van der Waals surface area contributed by atoms with Crippen LogP contribution in [-0.4, -0.2) is 19.0 Å². The number of rotatable bonds is 6. The second-order valence-electron chi connectivity index (χ2n) is 6.79. The highest BCUT2D eigenvalue weighted by Crippen LogP contribution is 2.38. The number of aliphatic imine (C=N–C) groups is 1. The minimum absolute atomic E-state index is 0.210. The third-order valence-corrected chi connectivity index (χ3v) is 6.12. The van der Waals surface area contributed by atoms with Gasteiger partial charge in [-0.1, -0.05) is 23.7 Å². The summed E-state index contributed by atoms with van der Waals surface area (Å²) in [6.45, 7) is 0.350. The van der Waals surface area contributed by atoms with E-state index < -0.39 is 5.97 Å². The maximum atomic E-state index is 12.3. The number of halogens is 3. The molecular weight excluding hydrogens is 609 g/mol. The van der Waals surface area contributed by atoms with Crippen LogP contribution in [-0.2, 0) is 16.1 Å². The molecule has 0 saturated carbocycles. The molecule has 1 aliphatic rings. The average Bonchev–Trinajstić information content (AvgIpc) is 3.14. The first-order chi connectivity index (χ1) is 15.4. The van der Waals surface area contributed by atoms with Gasteiger partial charge in [0.05, 0.1) is 11.6 Å². The van der Waals surface area contributed by atoms with Gasteiger partial charge in [0, 0.05) is 14.2 Å². The molecular formula is C24H16BrClINO4. The molecule has 0 N–H and O–H groups in total. The minimum atomic E-state index is -0.503. The third-order valence-electron chi connectivity index (χ3n) is 4.56. The maximum absolute atomic E-state index is 12.3. The van der Waals surface area contributed by atoms with Crippen molar-refractivity contribution in [1.29, 1.82) is 0 Å². The highest BCUT2D eigenvalue weighted by molar-refractivity contribution is 14.1. The molecule has 3 aromatic carbocycles. The molecule has 8 heteroatoms.